The highest BCUT2D eigenvalue weighted by atomic mass is 19.1. The maximum Gasteiger partial charge on any atom is 0.239 e. The summed E-state index contributed by atoms with van der Waals surface area (Å²) >= 11 is 0. The number of anilines is 2. The molecule has 5 nitrogen and oxygen atoms in total. The van der Waals surface area contributed by atoms with Crippen molar-refractivity contribution in [2.45, 2.75) is 38.6 Å². The Morgan fingerprint density at radius 3 is 3.06 bits per heavy atom. The standard InChI is InChI=1S/C11H18FN5/c1-8-5-3-2-4-6-17(8)10-9(12)7-14-11(15-10)16-13/h7-8H,2-6,13H2,1H3,(H,14,15,16). The van der Waals surface area contributed by atoms with Crippen molar-refractivity contribution < 1.29 is 4.39 Å². The zero-order chi connectivity index (χ0) is 12.3. The summed E-state index contributed by atoms with van der Waals surface area (Å²) in [5, 5.41) is 0. The van der Waals surface area contributed by atoms with Crippen LogP contribution in [0.1, 0.15) is 32.6 Å². The van der Waals surface area contributed by atoms with Crippen molar-refractivity contribution in [2.75, 3.05) is 16.9 Å². The second-order valence-corrected chi connectivity index (χ2v) is 4.40. The van der Waals surface area contributed by atoms with Crippen LogP contribution in [-0.2, 0) is 0 Å². The summed E-state index contributed by atoms with van der Waals surface area (Å²) in [5.41, 5.74) is 2.35. The van der Waals surface area contributed by atoms with E-state index in [1.165, 1.54) is 12.8 Å². The van der Waals surface area contributed by atoms with Crippen molar-refractivity contribution in [3.8, 4) is 0 Å². The molecule has 6 heteroatoms. The van der Waals surface area contributed by atoms with Crippen LogP contribution in [0.15, 0.2) is 6.20 Å². The molecule has 0 amide bonds. The Morgan fingerprint density at radius 1 is 1.47 bits per heavy atom. The number of hydrogen-bond acceptors (Lipinski definition) is 5. The molecule has 0 spiro atoms. The topological polar surface area (TPSA) is 67.1 Å². The van der Waals surface area contributed by atoms with Crippen LogP contribution in [0.3, 0.4) is 0 Å². The summed E-state index contributed by atoms with van der Waals surface area (Å²) in [6.07, 6.45) is 5.67. The largest absolute Gasteiger partial charge is 0.351 e. The molecule has 0 saturated carbocycles. The molecule has 1 atom stereocenters. The van der Waals surface area contributed by atoms with Crippen LogP contribution in [0.4, 0.5) is 16.2 Å². The van der Waals surface area contributed by atoms with E-state index in [2.05, 4.69) is 22.3 Å². The molecule has 1 aromatic heterocycles. The van der Waals surface area contributed by atoms with Crippen LogP contribution in [0.2, 0.25) is 0 Å². The van der Waals surface area contributed by atoms with Gasteiger partial charge in [0, 0.05) is 12.6 Å². The lowest BCUT2D eigenvalue weighted by atomic mass is 10.1. The highest BCUT2D eigenvalue weighted by Gasteiger charge is 2.21. The van der Waals surface area contributed by atoms with E-state index >= 15 is 0 Å². The van der Waals surface area contributed by atoms with Gasteiger partial charge in [-0.25, -0.2) is 15.2 Å². The van der Waals surface area contributed by atoms with Crippen LogP contribution >= 0.6 is 0 Å². The normalized spacial score (nSPS) is 21.1. The van der Waals surface area contributed by atoms with Crippen molar-refractivity contribution in [3.63, 3.8) is 0 Å². The molecule has 0 aromatic carbocycles. The lowest BCUT2D eigenvalue weighted by Crippen LogP contribution is -2.34. The lowest BCUT2D eigenvalue weighted by molar-refractivity contribution is 0.567. The number of nitrogens with one attached hydrogen (secondary N) is 1. The summed E-state index contributed by atoms with van der Waals surface area (Å²) in [5.74, 6) is 5.45. The number of nitrogen functional groups attached to an aromatic ring is 1. The summed E-state index contributed by atoms with van der Waals surface area (Å²) < 4.78 is 13.8. The molecule has 0 radical (unpaired) electrons. The Kier molecular flexibility index (Phi) is 3.73. The zero-order valence-corrected chi connectivity index (χ0v) is 9.99. The fourth-order valence-electron chi connectivity index (χ4n) is 2.22. The van der Waals surface area contributed by atoms with Gasteiger partial charge in [0.05, 0.1) is 6.20 Å². The minimum Gasteiger partial charge on any atom is -0.351 e. The Balaban J connectivity index is 2.29. The highest BCUT2D eigenvalue weighted by molar-refractivity contribution is 5.44. The third kappa shape index (κ3) is 2.63. The van der Waals surface area contributed by atoms with Crippen LogP contribution < -0.4 is 16.2 Å². The first-order chi connectivity index (χ1) is 8.22. The molecule has 94 valence electrons. The third-order valence-electron chi connectivity index (χ3n) is 3.18. The van der Waals surface area contributed by atoms with Gasteiger partial charge in [-0.2, -0.15) is 4.98 Å². The Bertz CT molecular complexity index is 384. The van der Waals surface area contributed by atoms with E-state index in [-0.39, 0.29) is 5.95 Å². The van der Waals surface area contributed by atoms with Crippen molar-refractivity contribution in [1.82, 2.24) is 9.97 Å². The molecule has 1 fully saturated rings. The van der Waals surface area contributed by atoms with Gasteiger partial charge in [0.2, 0.25) is 5.95 Å². The van der Waals surface area contributed by atoms with Gasteiger partial charge in [0.25, 0.3) is 0 Å². The van der Waals surface area contributed by atoms with E-state index in [0.717, 1.165) is 25.6 Å². The second-order valence-electron chi connectivity index (χ2n) is 4.40. The van der Waals surface area contributed by atoms with Crippen LogP contribution in [0.5, 0.6) is 0 Å². The van der Waals surface area contributed by atoms with Gasteiger partial charge in [0.15, 0.2) is 11.6 Å². The van der Waals surface area contributed by atoms with Gasteiger partial charge in [-0.15, -0.1) is 0 Å². The quantitative estimate of drug-likeness (QED) is 0.607. The van der Waals surface area contributed by atoms with E-state index in [1.54, 1.807) is 0 Å². The predicted molar refractivity (Wildman–Crippen MR) is 65.1 cm³/mol. The number of hydrogen-bond donors (Lipinski definition) is 2. The van der Waals surface area contributed by atoms with E-state index in [4.69, 9.17) is 5.84 Å². The first-order valence-electron chi connectivity index (χ1n) is 5.98. The third-order valence-corrected chi connectivity index (χ3v) is 3.18. The minimum atomic E-state index is -0.391. The number of aromatic nitrogens is 2. The highest BCUT2D eigenvalue weighted by Crippen LogP contribution is 2.24. The van der Waals surface area contributed by atoms with Crippen LogP contribution in [0.25, 0.3) is 0 Å². The number of halogens is 1. The molecule has 2 heterocycles. The fraction of sp³-hybridized carbons (Fsp3) is 0.636. The van der Waals surface area contributed by atoms with Gasteiger partial charge in [0.1, 0.15) is 0 Å². The fourth-order valence-corrected chi connectivity index (χ4v) is 2.22. The van der Waals surface area contributed by atoms with Gasteiger partial charge < -0.3 is 4.90 Å². The molecular weight excluding hydrogens is 221 g/mol. The van der Waals surface area contributed by atoms with Crippen LogP contribution in [-0.4, -0.2) is 22.6 Å². The molecule has 1 unspecified atom stereocenters. The van der Waals surface area contributed by atoms with Crippen molar-refractivity contribution in [1.29, 1.82) is 0 Å². The maximum absolute atomic E-state index is 13.8. The molecule has 0 bridgehead atoms. The molecule has 17 heavy (non-hydrogen) atoms. The molecule has 1 aliphatic rings. The van der Waals surface area contributed by atoms with Crippen molar-refractivity contribution >= 4 is 11.8 Å². The zero-order valence-electron chi connectivity index (χ0n) is 9.99. The average Bonchev–Trinajstić information content (AvgIpc) is 2.55. The summed E-state index contributed by atoms with van der Waals surface area (Å²) in [6.45, 7) is 2.93. The van der Waals surface area contributed by atoms with Gasteiger partial charge in [-0.05, 0) is 19.8 Å². The second kappa shape index (κ2) is 5.27. The Labute approximate surface area is 100 Å². The summed E-state index contributed by atoms with van der Waals surface area (Å²) in [6, 6.07) is 0.299. The summed E-state index contributed by atoms with van der Waals surface area (Å²) in [7, 11) is 0. The van der Waals surface area contributed by atoms with Gasteiger partial charge >= 0.3 is 0 Å². The molecule has 2 rings (SSSR count). The van der Waals surface area contributed by atoms with Crippen molar-refractivity contribution in [2.24, 2.45) is 5.84 Å². The van der Waals surface area contributed by atoms with Gasteiger partial charge in [-0.1, -0.05) is 12.8 Å². The number of nitrogens with two attached hydrogens (primary N) is 1. The first kappa shape index (κ1) is 12.0. The number of rotatable bonds is 2. The number of nitrogens with zero attached hydrogens (tertiary/aromatic N) is 3. The average molecular weight is 239 g/mol. The van der Waals surface area contributed by atoms with E-state index in [0.29, 0.717) is 11.9 Å². The molecule has 1 saturated heterocycles. The molecule has 1 aliphatic heterocycles. The SMILES string of the molecule is CC1CCCCCN1c1nc(NN)ncc1F. The van der Waals surface area contributed by atoms with E-state index in [9.17, 15) is 4.39 Å². The Hall–Kier alpha value is -1.43. The maximum atomic E-state index is 13.8. The smallest absolute Gasteiger partial charge is 0.239 e. The monoisotopic (exact) mass is 239 g/mol. The molecular formula is C11H18FN5. The van der Waals surface area contributed by atoms with Crippen LogP contribution in [0, 0.1) is 5.82 Å². The summed E-state index contributed by atoms with van der Waals surface area (Å²) in [4.78, 5) is 9.87. The van der Waals surface area contributed by atoms with Gasteiger partial charge in [-0.3, -0.25) is 5.43 Å². The minimum absolute atomic E-state index is 0.248. The lowest BCUT2D eigenvalue weighted by Gasteiger charge is -2.28. The van der Waals surface area contributed by atoms with E-state index in [1.807, 2.05) is 4.90 Å². The molecule has 1 aromatic rings. The molecule has 3 N–H and O–H groups in total. The first-order valence-corrected chi connectivity index (χ1v) is 5.98. The number of hydrazine groups is 1. The van der Waals surface area contributed by atoms with E-state index < -0.39 is 5.82 Å². The van der Waals surface area contributed by atoms with Crippen molar-refractivity contribution in [3.05, 3.63) is 12.0 Å². The molecule has 0 aliphatic carbocycles. The Morgan fingerprint density at radius 2 is 2.29 bits per heavy atom. The predicted octanol–water partition coefficient (Wildman–Crippen LogP) is 1.67.